The maximum atomic E-state index is 13.1. The summed E-state index contributed by atoms with van der Waals surface area (Å²) in [5.74, 6) is -0.313. The Balaban J connectivity index is 1.70. The number of hydrogen-bond acceptors (Lipinski definition) is 6. The Kier molecular flexibility index (Phi) is 4.41. The molecule has 0 bridgehead atoms. The molecule has 4 N–H and O–H groups in total. The molecular formula is C20H23N5O3. The number of nitrogen functional groups attached to an aromatic ring is 1. The monoisotopic (exact) mass is 381 g/mol. The summed E-state index contributed by atoms with van der Waals surface area (Å²) < 4.78 is 5.76. The van der Waals surface area contributed by atoms with Gasteiger partial charge >= 0.3 is 0 Å². The molecule has 2 aliphatic rings. The van der Waals surface area contributed by atoms with E-state index < -0.39 is 5.41 Å². The van der Waals surface area contributed by atoms with Gasteiger partial charge in [-0.2, -0.15) is 0 Å². The number of amides is 2. The number of ether oxygens (including phenoxy) is 1. The van der Waals surface area contributed by atoms with E-state index in [1.807, 2.05) is 31.2 Å². The number of carbonyl (C=O) groups excluding carboxylic acids is 2. The second-order valence-electron chi connectivity index (χ2n) is 7.48. The van der Waals surface area contributed by atoms with Gasteiger partial charge in [0, 0.05) is 5.69 Å². The number of fused-ring (bicyclic) bond motifs is 1. The van der Waals surface area contributed by atoms with Crippen LogP contribution < -0.4 is 21.1 Å². The summed E-state index contributed by atoms with van der Waals surface area (Å²) in [6.07, 6.45) is 4.50. The van der Waals surface area contributed by atoms with Crippen molar-refractivity contribution in [1.29, 1.82) is 0 Å². The molecule has 1 saturated carbocycles. The normalized spacial score (nSPS) is 21.0. The van der Waals surface area contributed by atoms with E-state index in [2.05, 4.69) is 9.97 Å². The maximum absolute atomic E-state index is 13.1. The molecule has 28 heavy (non-hydrogen) atoms. The van der Waals surface area contributed by atoms with Gasteiger partial charge in [0.25, 0.3) is 5.91 Å². The number of carbonyl (C=O) groups is 2. The highest BCUT2D eigenvalue weighted by atomic mass is 16.5. The van der Waals surface area contributed by atoms with Crippen molar-refractivity contribution in [2.45, 2.75) is 44.1 Å². The number of nitrogens with two attached hydrogens (primary N) is 2. The Labute approximate surface area is 162 Å². The van der Waals surface area contributed by atoms with Gasteiger partial charge in [0.15, 0.2) is 0 Å². The van der Waals surface area contributed by atoms with Gasteiger partial charge in [-0.15, -0.1) is 0 Å². The summed E-state index contributed by atoms with van der Waals surface area (Å²) in [6.45, 7) is 2.21. The van der Waals surface area contributed by atoms with Crippen LogP contribution in [-0.2, 0) is 10.2 Å². The van der Waals surface area contributed by atoms with E-state index in [-0.39, 0.29) is 35.2 Å². The largest absolute Gasteiger partial charge is 0.472 e. The third-order valence-electron chi connectivity index (χ3n) is 5.71. The minimum absolute atomic E-state index is 0.0874. The molecule has 1 aliphatic heterocycles. The standard InChI is InChI=1S/C20H23N5O3/c1-12-10-25(18(26)15-16(21)23-11-24-17(15)28-12)14-6-4-13(5-7-14)20(19(22)27)8-2-3-9-20/h4-7,11-12H,2-3,8-10H2,1H3,(H2,22,27)(H2,21,23,24)/t12-/m1/s1. The van der Waals surface area contributed by atoms with E-state index in [1.54, 1.807) is 4.90 Å². The van der Waals surface area contributed by atoms with Crippen LogP contribution in [0.3, 0.4) is 0 Å². The zero-order valence-corrected chi connectivity index (χ0v) is 15.7. The molecule has 8 heteroatoms. The summed E-state index contributed by atoms with van der Waals surface area (Å²) in [6, 6.07) is 7.46. The summed E-state index contributed by atoms with van der Waals surface area (Å²) in [5, 5.41) is 0. The Morgan fingerprint density at radius 2 is 1.89 bits per heavy atom. The van der Waals surface area contributed by atoms with Gasteiger partial charge in [0.1, 0.15) is 23.8 Å². The van der Waals surface area contributed by atoms with Crippen LogP contribution in [0.5, 0.6) is 5.88 Å². The fourth-order valence-corrected chi connectivity index (χ4v) is 4.21. The number of nitrogens with zero attached hydrogens (tertiary/aromatic N) is 3. The minimum Gasteiger partial charge on any atom is -0.472 e. The molecule has 1 aromatic carbocycles. The number of rotatable bonds is 3. The molecule has 1 aromatic heterocycles. The Bertz CT molecular complexity index is 922. The van der Waals surface area contributed by atoms with Crippen LogP contribution in [0, 0.1) is 0 Å². The predicted octanol–water partition coefficient (Wildman–Crippen LogP) is 1.78. The van der Waals surface area contributed by atoms with Crippen molar-refractivity contribution in [2.24, 2.45) is 5.73 Å². The average molecular weight is 381 g/mol. The van der Waals surface area contributed by atoms with E-state index >= 15 is 0 Å². The average Bonchev–Trinajstić information content (AvgIpc) is 3.13. The molecule has 0 radical (unpaired) electrons. The molecule has 0 unspecified atom stereocenters. The number of anilines is 2. The molecule has 2 heterocycles. The van der Waals surface area contributed by atoms with Crippen LogP contribution in [0.4, 0.5) is 11.5 Å². The lowest BCUT2D eigenvalue weighted by molar-refractivity contribution is -0.123. The molecule has 2 aromatic rings. The van der Waals surface area contributed by atoms with E-state index in [1.165, 1.54) is 6.33 Å². The highest BCUT2D eigenvalue weighted by molar-refractivity contribution is 6.10. The zero-order valence-electron chi connectivity index (χ0n) is 15.7. The number of benzene rings is 1. The lowest BCUT2D eigenvalue weighted by atomic mass is 9.78. The predicted molar refractivity (Wildman–Crippen MR) is 104 cm³/mol. The number of primary amides is 1. The Hall–Kier alpha value is -3.16. The van der Waals surface area contributed by atoms with Gasteiger partial charge in [-0.25, -0.2) is 9.97 Å². The van der Waals surface area contributed by atoms with Gasteiger partial charge in [-0.3, -0.25) is 9.59 Å². The Morgan fingerprint density at radius 3 is 2.54 bits per heavy atom. The van der Waals surface area contributed by atoms with Crippen molar-refractivity contribution in [3.05, 3.63) is 41.7 Å². The fourth-order valence-electron chi connectivity index (χ4n) is 4.21. The SMILES string of the molecule is C[C@@H]1CN(c2ccc(C3(C(N)=O)CCCC3)cc2)C(=O)c2c(N)ncnc2O1. The van der Waals surface area contributed by atoms with Gasteiger partial charge in [-0.1, -0.05) is 25.0 Å². The van der Waals surface area contributed by atoms with Crippen molar-refractivity contribution >= 4 is 23.3 Å². The van der Waals surface area contributed by atoms with Crippen molar-refractivity contribution in [3.63, 3.8) is 0 Å². The first-order valence-electron chi connectivity index (χ1n) is 9.42. The molecule has 2 amide bonds. The molecule has 1 atom stereocenters. The first kappa shape index (κ1) is 18.2. The highest BCUT2D eigenvalue weighted by Gasteiger charge is 2.41. The summed E-state index contributed by atoms with van der Waals surface area (Å²) in [4.78, 5) is 34.8. The quantitative estimate of drug-likeness (QED) is 0.835. The molecule has 1 fully saturated rings. The van der Waals surface area contributed by atoms with Crippen LogP contribution in [0.15, 0.2) is 30.6 Å². The number of hydrogen-bond donors (Lipinski definition) is 2. The van der Waals surface area contributed by atoms with Crippen LogP contribution in [0.25, 0.3) is 0 Å². The summed E-state index contributed by atoms with van der Waals surface area (Å²) in [5.41, 5.74) is 12.8. The number of aromatic nitrogens is 2. The van der Waals surface area contributed by atoms with Crippen molar-refractivity contribution in [1.82, 2.24) is 9.97 Å². The zero-order chi connectivity index (χ0) is 19.9. The van der Waals surface area contributed by atoms with E-state index in [9.17, 15) is 9.59 Å². The van der Waals surface area contributed by atoms with Crippen molar-refractivity contribution in [2.75, 3.05) is 17.2 Å². The first-order chi connectivity index (χ1) is 13.4. The second kappa shape index (κ2) is 6.78. The third-order valence-corrected chi connectivity index (χ3v) is 5.71. The lowest BCUT2D eigenvalue weighted by Gasteiger charge is -2.27. The second-order valence-corrected chi connectivity index (χ2v) is 7.48. The highest BCUT2D eigenvalue weighted by Crippen LogP contribution is 2.41. The van der Waals surface area contributed by atoms with E-state index in [0.717, 1.165) is 31.2 Å². The smallest absolute Gasteiger partial charge is 0.267 e. The van der Waals surface area contributed by atoms with Gasteiger partial charge in [0.2, 0.25) is 11.8 Å². The Morgan fingerprint density at radius 1 is 1.21 bits per heavy atom. The van der Waals surface area contributed by atoms with E-state index in [4.69, 9.17) is 16.2 Å². The van der Waals surface area contributed by atoms with Crippen molar-refractivity contribution in [3.8, 4) is 5.88 Å². The van der Waals surface area contributed by atoms with Crippen LogP contribution in [0.2, 0.25) is 0 Å². The molecule has 4 rings (SSSR count). The van der Waals surface area contributed by atoms with Crippen molar-refractivity contribution < 1.29 is 14.3 Å². The summed E-state index contributed by atoms with van der Waals surface area (Å²) in [7, 11) is 0. The summed E-state index contributed by atoms with van der Waals surface area (Å²) >= 11 is 0. The van der Waals surface area contributed by atoms with Gasteiger partial charge in [0.05, 0.1) is 12.0 Å². The topological polar surface area (TPSA) is 124 Å². The molecule has 146 valence electrons. The van der Waals surface area contributed by atoms with E-state index in [0.29, 0.717) is 12.2 Å². The molecule has 0 saturated heterocycles. The minimum atomic E-state index is -0.609. The molecule has 1 aliphatic carbocycles. The van der Waals surface area contributed by atoms with Crippen LogP contribution >= 0.6 is 0 Å². The first-order valence-corrected chi connectivity index (χ1v) is 9.42. The third kappa shape index (κ3) is 2.85. The fraction of sp³-hybridized carbons (Fsp3) is 0.400. The molecule has 0 spiro atoms. The maximum Gasteiger partial charge on any atom is 0.267 e. The van der Waals surface area contributed by atoms with Crippen LogP contribution in [0.1, 0.15) is 48.5 Å². The molecular weight excluding hydrogens is 358 g/mol. The van der Waals surface area contributed by atoms with Crippen LogP contribution in [-0.4, -0.2) is 34.4 Å². The van der Waals surface area contributed by atoms with Gasteiger partial charge in [-0.05, 0) is 37.5 Å². The van der Waals surface area contributed by atoms with Gasteiger partial charge < -0.3 is 21.1 Å². The molecule has 8 nitrogen and oxygen atoms in total. The lowest BCUT2D eigenvalue weighted by Crippen LogP contribution is -2.39.